The number of anilines is 1. The second-order valence-electron chi connectivity index (χ2n) is 6.61. The van der Waals surface area contributed by atoms with Crippen LogP contribution in [0.3, 0.4) is 0 Å². The zero-order chi connectivity index (χ0) is 16.3. The maximum Gasteiger partial charge on any atom is 0.317 e. The first kappa shape index (κ1) is 16.5. The molecule has 0 bridgehead atoms. The van der Waals surface area contributed by atoms with Crippen LogP contribution in [0.4, 0.5) is 10.6 Å². The fourth-order valence-corrected chi connectivity index (χ4v) is 2.86. The summed E-state index contributed by atoms with van der Waals surface area (Å²) in [4.78, 5) is 20.5. The molecular weight excluding hydrogens is 280 g/mol. The highest BCUT2D eigenvalue weighted by atomic mass is 16.5. The summed E-state index contributed by atoms with van der Waals surface area (Å²) in [5.74, 6) is 0.874. The number of morpholine rings is 1. The molecule has 1 saturated heterocycles. The summed E-state index contributed by atoms with van der Waals surface area (Å²) in [7, 11) is 3.89. The number of nitrogens with one attached hydrogen (secondary N) is 1. The minimum atomic E-state index is -0.307. The monoisotopic (exact) mass is 306 g/mol. The Labute approximate surface area is 132 Å². The molecule has 122 valence electrons. The number of hydrogen-bond donors (Lipinski definition) is 1. The number of carbonyl (C=O) groups is 1. The molecule has 1 atom stereocenters. The van der Waals surface area contributed by atoms with Crippen molar-refractivity contribution in [2.24, 2.45) is 0 Å². The number of pyridine rings is 1. The van der Waals surface area contributed by atoms with E-state index < -0.39 is 0 Å². The van der Waals surface area contributed by atoms with Gasteiger partial charge in [-0.1, -0.05) is 6.07 Å². The van der Waals surface area contributed by atoms with Gasteiger partial charge in [0.05, 0.1) is 18.2 Å². The van der Waals surface area contributed by atoms with Crippen LogP contribution in [0.25, 0.3) is 0 Å². The molecule has 0 saturated carbocycles. The summed E-state index contributed by atoms with van der Waals surface area (Å²) in [6.45, 7) is 7.68. The molecule has 22 heavy (non-hydrogen) atoms. The molecule has 1 fully saturated rings. The lowest BCUT2D eigenvalue weighted by atomic mass is 10.1. The zero-order valence-electron chi connectivity index (χ0n) is 14.1. The van der Waals surface area contributed by atoms with Gasteiger partial charge < -0.3 is 19.9 Å². The van der Waals surface area contributed by atoms with E-state index in [9.17, 15) is 4.79 Å². The molecule has 0 aromatic carbocycles. The number of aromatic nitrogens is 1. The lowest BCUT2D eigenvalue weighted by Gasteiger charge is -2.41. The number of carbonyl (C=O) groups excluding carboxylic acids is 1. The van der Waals surface area contributed by atoms with Crippen LogP contribution < -0.4 is 10.2 Å². The van der Waals surface area contributed by atoms with E-state index in [0.717, 1.165) is 11.4 Å². The topological polar surface area (TPSA) is 57.7 Å². The Balaban J connectivity index is 1.98. The van der Waals surface area contributed by atoms with Crippen molar-refractivity contribution in [3.8, 4) is 0 Å². The average Bonchev–Trinajstić information content (AvgIpc) is 2.42. The van der Waals surface area contributed by atoms with Crippen molar-refractivity contribution >= 4 is 11.8 Å². The fraction of sp³-hybridized carbons (Fsp3) is 0.625. The lowest BCUT2D eigenvalue weighted by molar-refractivity contribution is -0.117. The SMILES string of the molecule is CC1CN(C(=O)NCc2cccnc2N(C)C)CC(C)(C)O1. The third-order valence-electron chi connectivity index (χ3n) is 3.58. The first-order valence-corrected chi connectivity index (χ1v) is 7.60. The molecule has 2 amide bonds. The van der Waals surface area contributed by atoms with E-state index in [1.807, 2.05) is 56.8 Å². The summed E-state index contributed by atoms with van der Waals surface area (Å²) < 4.78 is 5.83. The van der Waals surface area contributed by atoms with Gasteiger partial charge in [0.15, 0.2) is 0 Å². The van der Waals surface area contributed by atoms with E-state index in [-0.39, 0.29) is 17.7 Å². The number of ether oxygens (including phenoxy) is 1. The van der Waals surface area contributed by atoms with E-state index in [2.05, 4.69) is 10.3 Å². The molecule has 1 aromatic heterocycles. The first-order valence-electron chi connectivity index (χ1n) is 7.60. The van der Waals surface area contributed by atoms with Gasteiger partial charge in [-0.05, 0) is 26.8 Å². The Hall–Kier alpha value is -1.82. The summed E-state index contributed by atoms with van der Waals surface area (Å²) in [6.07, 6.45) is 1.80. The fourth-order valence-electron chi connectivity index (χ4n) is 2.86. The van der Waals surface area contributed by atoms with Gasteiger partial charge in [0, 0.05) is 38.9 Å². The first-order chi connectivity index (χ1) is 10.3. The summed E-state index contributed by atoms with van der Waals surface area (Å²) >= 11 is 0. The van der Waals surface area contributed by atoms with E-state index in [0.29, 0.717) is 19.6 Å². The highest BCUT2D eigenvalue weighted by molar-refractivity contribution is 5.74. The number of amides is 2. The van der Waals surface area contributed by atoms with Gasteiger partial charge in [0.2, 0.25) is 0 Å². The Kier molecular flexibility index (Phi) is 4.90. The number of hydrogen-bond acceptors (Lipinski definition) is 4. The number of urea groups is 1. The molecule has 2 heterocycles. The minimum absolute atomic E-state index is 0.0465. The van der Waals surface area contributed by atoms with Crippen molar-refractivity contribution in [1.82, 2.24) is 15.2 Å². The molecular formula is C16H26N4O2. The van der Waals surface area contributed by atoms with Crippen LogP contribution >= 0.6 is 0 Å². The Morgan fingerprint density at radius 3 is 2.91 bits per heavy atom. The summed E-state index contributed by atoms with van der Waals surface area (Å²) in [5.41, 5.74) is 0.694. The molecule has 1 aliphatic heterocycles. The highest BCUT2D eigenvalue weighted by Gasteiger charge is 2.33. The van der Waals surface area contributed by atoms with Gasteiger partial charge in [0.25, 0.3) is 0 Å². The molecule has 2 rings (SSSR count). The van der Waals surface area contributed by atoms with Gasteiger partial charge >= 0.3 is 6.03 Å². The van der Waals surface area contributed by atoms with Crippen molar-refractivity contribution in [3.63, 3.8) is 0 Å². The quantitative estimate of drug-likeness (QED) is 0.926. The highest BCUT2D eigenvalue weighted by Crippen LogP contribution is 2.21. The van der Waals surface area contributed by atoms with Crippen LogP contribution in [-0.2, 0) is 11.3 Å². The molecule has 1 unspecified atom stereocenters. The van der Waals surface area contributed by atoms with Crippen LogP contribution in [0, 0.1) is 0 Å². The molecule has 1 N–H and O–H groups in total. The van der Waals surface area contributed by atoms with Gasteiger partial charge in [-0.15, -0.1) is 0 Å². The molecule has 0 radical (unpaired) electrons. The van der Waals surface area contributed by atoms with E-state index in [1.54, 1.807) is 6.20 Å². The van der Waals surface area contributed by atoms with Crippen molar-refractivity contribution in [2.75, 3.05) is 32.1 Å². The van der Waals surface area contributed by atoms with Gasteiger partial charge in [-0.3, -0.25) is 0 Å². The molecule has 6 heteroatoms. The van der Waals surface area contributed by atoms with Crippen LogP contribution in [0.1, 0.15) is 26.3 Å². The van der Waals surface area contributed by atoms with Gasteiger partial charge in [0.1, 0.15) is 5.82 Å². The number of nitrogens with zero attached hydrogens (tertiary/aromatic N) is 3. The molecule has 1 aliphatic rings. The average molecular weight is 306 g/mol. The van der Waals surface area contributed by atoms with Crippen molar-refractivity contribution in [1.29, 1.82) is 0 Å². The Morgan fingerprint density at radius 1 is 1.55 bits per heavy atom. The normalized spacial score (nSPS) is 20.6. The second kappa shape index (κ2) is 6.52. The van der Waals surface area contributed by atoms with Crippen molar-refractivity contribution in [3.05, 3.63) is 23.9 Å². The predicted octanol–water partition coefficient (Wildman–Crippen LogP) is 1.86. The lowest BCUT2D eigenvalue weighted by Crippen LogP contribution is -2.56. The summed E-state index contributed by atoms with van der Waals surface area (Å²) in [5, 5.41) is 2.99. The van der Waals surface area contributed by atoms with Crippen LogP contribution in [0.5, 0.6) is 0 Å². The Morgan fingerprint density at radius 2 is 2.27 bits per heavy atom. The maximum atomic E-state index is 12.4. The van der Waals surface area contributed by atoms with Crippen LogP contribution in [-0.4, -0.2) is 54.8 Å². The molecule has 0 aliphatic carbocycles. The molecule has 1 aromatic rings. The van der Waals surface area contributed by atoms with Gasteiger partial charge in [-0.25, -0.2) is 9.78 Å². The third kappa shape index (κ3) is 4.10. The standard InChI is InChI=1S/C16H26N4O2/c1-12-10-20(11-16(2,3)22-12)15(21)18-9-13-7-6-8-17-14(13)19(4)5/h6-8,12H,9-11H2,1-5H3,(H,18,21). The smallest absolute Gasteiger partial charge is 0.317 e. The Bertz CT molecular complexity index is 531. The second-order valence-corrected chi connectivity index (χ2v) is 6.61. The summed E-state index contributed by atoms with van der Waals surface area (Å²) in [6, 6.07) is 3.81. The maximum absolute atomic E-state index is 12.4. The minimum Gasteiger partial charge on any atom is -0.369 e. The molecule has 0 spiro atoms. The van der Waals surface area contributed by atoms with Gasteiger partial charge in [-0.2, -0.15) is 0 Å². The van der Waals surface area contributed by atoms with E-state index in [1.165, 1.54) is 0 Å². The zero-order valence-corrected chi connectivity index (χ0v) is 14.1. The van der Waals surface area contributed by atoms with E-state index >= 15 is 0 Å². The van der Waals surface area contributed by atoms with Crippen LogP contribution in [0.2, 0.25) is 0 Å². The number of rotatable bonds is 3. The third-order valence-corrected chi connectivity index (χ3v) is 3.58. The predicted molar refractivity (Wildman–Crippen MR) is 87.0 cm³/mol. The van der Waals surface area contributed by atoms with Crippen molar-refractivity contribution < 1.29 is 9.53 Å². The van der Waals surface area contributed by atoms with Crippen molar-refractivity contribution in [2.45, 2.75) is 39.0 Å². The van der Waals surface area contributed by atoms with E-state index in [4.69, 9.17) is 4.74 Å². The molecule has 6 nitrogen and oxygen atoms in total. The van der Waals surface area contributed by atoms with Crippen LogP contribution in [0.15, 0.2) is 18.3 Å². The largest absolute Gasteiger partial charge is 0.369 e.